The Bertz CT molecular complexity index is 2710. The molecule has 6 rings (SSSR count). The highest BCUT2D eigenvalue weighted by Crippen LogP contribution is 2.38. The molecule has 4 atom stereocenters. The molecule has 388 valence electrons. The molecule has 0 aliphatic rings. The van der Waals surface area contributed by atoms with E-state index in [1.807, 2.05) is 50.2 Å². The summed E-state index contributed by atoms with van der Waals surface area (Å²) in [6, 6.07) is 30.1. The van der Waals surface area contributed by atoms with E-state index in [0.717, 1.165) is 11.1 Å². The van der Waals surface area contributed by atoms with Crippen LogP contribution in [0.25, 0.3) is 0 Å². The van der Waals surface area contributed by atoms with Crippen LogP contribution in [-0.2, 0) is 41.9 Å². The van der Waals surface area contributed by atoms with Gasteiger partial charge in [-0.3, -0.25) is 9.59 Å². The fraction of sp³-hybridized carbons (Fsp3) is 0.333. The number of rotatable bonds is 25. The Balaban J connectivity index is 1.26. The number of nitrogens with one attached hydrogen (secondary N) is 2. The molecule has 16 nitrogen and oxygen atoms in total. The summed E-state index contributed by atoms with van der Waals surface area (Å²) in [7, 11) is 4.43. The topological polar surface area (TPSA) is 220 Å². The SMILES string of the molecule is COc1cc(CN(CC(=O)N(Cc2ccc(OC(F)(F)F)cc2)c2cccc(CC(C)NC[C@H](O)c3ccc(N)nc3)c2)C(=O)Cc2cccc(CC(C)NC[C@H](O)c3ccc(N)nc3)c2)cc(OC)c1OC. The number of carbonyl (C=O) groups is 2. The van der Waals surface area contributed by atoms with Crippen molar-refractivity contribution in [2.45, 2.75) is 76.9 Å². The number of aliphatic hydroxyl groups excluding tert-OH is 2. The first-order chi connectivity index (χ1) is 34.9. The van der Waals surface area contributed by atoms with Gasteiger partial charge in [0, 0.05) is 60.9 Å². The number of methoxy groups -OCH3 is 3. The summed E-state index contributed by atoms with van der Waals surface area (Å²) in [5.41, 5.74) is 16.7. The average molecular weight is 1010 g/mol. The van der Waals surface area contributed by atoms with Crippen LogP contribution < -0.4 is 45.9 Å². The number of ether oxygens (including phenoxy) is 4. The number of pyridine rings is 2. The predicted octanol–water partition coefficient (Wildman–Crippen LogP) is 6.88. The standard InChI is InChI=1S/C54H63F3N8O8/c1-34(60-29-45(66)41-14-18-49(58)62-27-41)20-37-8-6-9-39(22-37)26-51(68)64(31-40-24-47(70-3)53(72-5)48(25-40)71-4)33-52(69)65(32-36-12-16-44(17-13-36)73-54(55,56)57)43-11-7-10-38(23-43)21-35(2)61-30-46(67)42-15-19-50(59)63-28-42/h6-19,22-25,27-28,34-35,45-46,60-61,66-67H,20-21,26,29-33H2,1-5H3,(H2,58,62)(H2,59,63)/t34?,35?,45-,46-/m0/s1. The maximum absolute atomic E-state index is 15.0. The third-order valence-electron chi connectivity index (χ3n) is 11.9. The molecule has 2 heterocycles. The van der Waals surface area contributed by atoms with Crippen molar-refractivity contribution < 1.29 is 51.9 Å². The van der Waals surface area contributed by atoms with E-state index in [1.54, 1.807) is 54.7 Å². The number of alkyl halides is 3. The van der Waals surface area contributed by atoms with E-state index >= 15 is 0 Å². The molecule has 19 heteroatoms. The highest BCUT2D eigenvalue weighted by Gasteiger charge is 2.31. The van der Waals surface area contributed by atoms with Gasteiger partial charge in [0.15, 0.2) is 11.5 Å². The van der Waals surface area contributed by atoms with Gasteiger partial charge in [-0.2, -0.15) is 0 Å². The second kappa shape index (κ2) is 25.8. The smallest absolute Gasteiger partial charge is 0.493 e. The third-order valence-corrected chi connectivity index (χ3v) is 11.9. The average Bonchev–Trinajstić information content (AvgIpc) is 3.36. The Morgan fingerprint density at radius 1 is 0.644 bits per heavy atom. The number of aliphatic hydroxyl groups is 2. The van der Waals surface area contributed by atoms with Gasteiger partial charge in [-0.25, -0.2) is 9.97 Å². The van der Waals surface area contributed by atoms with Crippen molar-refractivity contribution in [2.24, 2.45) is 0 Å². The van der Waals surface area contributed by atoms with Gasteiger partial charge in [0.2, 0.25) is 17.6 Å². The number of amides is 2. The molecule has 2 aromatic heterocycles. The summed E-state index contributed by atoms with van der Waals surface area (Å²) in [4.78, 5) is 40.7. The summed E-state index contributed by atoms with van der Waals surface area (Å²) in [5.74, 6) is 0.475. The van der Waals surface area contributed by atoms with Crippen LogP contribution in [0.3, 0.4) is 0 Å². The predicted molar refractivity (Wildman–Crippen MR) is 272 cm³/mol. The molecule has 2 amide bonds. The van der Waals surface area contributed by atoms with Crippen LogP contribution in [-0.4, -0.2) is 96.3 Å². The summed E-state index contributed by atoms with van der Waals surface area (Å²) >= 11 is 0. The Hall–Kier alpha value is -7.45. The minimum atomic E-state index is -4.89. The Morgan fingerprint density at radius 3 is 1.68 bits per heavy atom. The highest BCUT2D eigenvalue weighted by molar-refractivity contribution is 5.97. The number of anilines is 3. The van der Waals surface area contributed by atoms with Crippen molar-refractivity contribution in [3.63, 3.8) is 0 Å². The van der Waals surface area contributed by atoms with Crippen molar-refractivity contribution in [3.8, 4) is 23.0 Å². The number of carbonyl (C=O) groups excluding carboxylic acids is 2. The number of nitrogens with two attached hydrogens (primary N) is 2. The molecule has 4 aromatic carbocycles. The zero-order valence-corrected chi connectivity index (χ0v) is 41.4. The summed E-state index contributed by atoms with van der Waals surface area (Å²) < 4.78 is 60.2. The number of hydrogen-bond donors (Lipinski definition) is 6. The maximum atomic E-state index is 15.0. The number of benzene rings is 4. The molecule has 2 unspecified atom stereocenters. The summed E-state index contributed by atoms with van der Waals surface area (Å²) in [5, 5.41) is 28.2. The maximum Gasteiger partial charge on any atom is 0.573 e. The Labute approximate surface area is 423 Å². The van der Waals surface area contributed by atoms with Gasteiger partial charge in [-0.15, -0.1) is 13.2 Å². The second-order valence-corrected chi connectivity index (χ2v) is 17.7. The van der Waals surface area contributed by atoms with Crippen molar-refractivity contribution in [3.05, 3.63) is 161 Å². The number of halogens is 3. The van der Waals surface area contributed by atoms with Gasteiger partial charge in [-0.1, -0.05) is 60.7 Å². The lowest BCUT2D eigenvalue weighted by molar-refractivity contribution is -0.274. The van der Waals surface area contributed by atoms with E-state index in [4.69, 9.17) is 25.7 Å². The molecule has 0 saturated carbocycles. The first kappa shape index (κ1) is 54.9. The monoisotopic (exact) mass is 1010 g/mol. The van der Waals surface area contributed by atoms with Gasteiger partial charge < -0.3 is 61.1 Å². The van der Waals surface area contributed by atoms with E-state index in [-0.39, 0.29) is 50.6 Å². The largest absolute Gasteiger partial charge is 0.573 e. The number of nitrogen functional groups attached to an aromatic ring is 2. The molecule has 0 fully saturated rings. The number of hydrogen-bond acceptors (Lipinski definition) is 14. The highest BCUT2D eigenvalue weighted by atomic mass is 19.4. The molecule has 0 saturated heterocycles. The minimum absolute atomic E-state index is 0.0490. The van der Waals surface area contributed by atoms with E-state index in [1.165, 1.54) is 61.6 Å². The van der Waals surface area contributed by atoms with E-state index < -0.39 is 36.8 Å². The van der Waals surface area contributed by atoms with E-state index in [9.17, 15) is 33.0 Å². The normalized spacial score (nSPS) is 13.1. The van der Waals surface area contributed by atoms with Crippen LogP contribution in [0.5, 0.6) is 23.0 Å². The van der Waals surface area contributed by atoms with Crippen molar-refractivity contribution in [2.75, 3.05) is 57.3 Å². The fourth-order valence-corrected chi connectivity index (χ4v) is 8.18. The van der Waals surface area contributed by atoms with E-state index in [2.05, 4.69) is 25.3 Å². The van der Waals surface area contributed by atoms with Crippen molar-refractivity contribution >= 4 is 29.1 Å². The van der Waals surface area contributed by atoms with Gasteiger partial charge >= 0.3 is 6.36 Å². The van der Waals surface area contributed by atoms with Gasteiger partial charge in [-0.05, 0) is 103 Å². The summed E-state index contributed by atoms with van der Waals surface area (Å²) in [6.45, 7) is 3.94. The quantitative estimate of drug-likeness (QED) is 0.0345. The lowest BCUT2D eigenvalue weighted by atomic mass is 10.0. The van der Waals surface area contributed by atoms with Crippen molar-refractivity contribution in [1.82, 2.24) is 25.5 Å². The zero-order valence-electron chi connectivity index (χ0n) is 41.4. The van der Waals surface area contributed by atoms with E-state index in [0.29, 0.717) is 75.2 Å². The lowest BCUT2D eigenvalue weighted by Gasteiger charge is -2.29. The Morgan fingerprint density at radius 2 is 1.18 bits per heavy atom. The summed E-state index contributed by atoms with van der Waals surface area (Å²) in [6.07, 6.45) is -2.46. The molecule has 73 heavy (non-hydrogen) atoms. The van der Waals surface area contributed by atoms with Gasteiger partial charge in [0.05, 0.1) is 46.5 Å². The molecular weight excluding hydrogens is 946 g/mol. The first-order valence-corrected chi connectivity index (χ1v) is 23.5. The van der Waals surface area contributed by atoms with Crippen LogP contribution in [0.15, 0.2) is 122 Å². The molecule has 8 N–H and O–H groups in total. The molecule has 0 radical (unpaired) electrons. The van der Waals surface area contributed by atoms with Gasteiger partial charge in [0.25, 0.3) is 0 Å². The van der Waals surface area contributed by atoms with Gasteiger partial charge in [0.1, 0.15) is 23.9 Å². The van der Waals surface area contributed by atoms with Crippen LogP contribution in [0, 0.1) is 0 Å². The number of aromatic nitrogens is 2. The fourth-order valence-electron chi connectivity index (χ4n) is 8.18. The van der Waals surface area contributed by atoms with Crippen LogP contribution in [0.4, 0.5) is 30.5 Å². The lowest BCUT2D eigenvalue weighted by Crippen LogP contribution is -2.43. The Kier molecular flexibility index (Phi) is 19.4. The number of nitrogens with zero attached hydrogens (tertiary/aromatic N) is 4. The molecule has 0 spiro atoms. The van der Waals surface area contributed by atoms with Crippen LogP contribution in [0.1, 0.15) is 65.0 Å². The molecular formula is C54H63F3N8O8. The molecule has 0 aliphatic heterocycles. The minimum Gasteiger partial charge on any atom is -0.493 e. The van der Waals surface area contributed by atoms with Crippen LogP contribution in [0.2, 0.25) is 0 Å². The third kappa shape index (κ3) is 16.5. The molecule has 6 aromatic rings. The first-order valence-electron chi connectivity index (χ1n) is 23.5. The second-order valence-electron chi connectivity index (χ2n) is 17.7. The van der Waals surface area contributed by atoms with Crippen LogP contribution >= 0.6 is 0 Å². The van der Waals surface area contributed by atoms with Crippen molar-refractivity contribution in [1.29, 1.82) is 0 Å². The zero-order chi connectivity index (χ0) is 52.7. The molecule has 0 bridgehead atoms. The molecule has 0 aliphatic carbocycles.